The molecule has 0 atom stereocenters. The summed E-state index contributed by atoms with van der Waals surface area (Å²) < 4.78 is 56.3. The Balaban J connectivity index is 1.57. The molecular formula is C23H24F4N8O. The van der Waals surface area contributed by atoms with Crippen molar-refractivity contribution in [2.24, 2.45) is 5.73 Å². The third-order valence-electron chi connectivity index (χ3n) is 5.56. The molecule has 13 heteroatoms. The average molecular weight is 504 g/mol. The van der Waals surface area contributed by atoms with Crippen molar-refractivity contribution in [1.82, 2.24) is 29.9 Å². The monoisotopic (exact) mass is 504 g/mol. The van der Waals surface area contributed by atoms with E-state index < -0.39 is 23.6 Å². The van der Waals surface area contributed by atoms with Gasteiger partial charge in [0.1, 0.15) is 5.82 Å². The maximum atomic E-state index is 14.9. The number of imidazole rings is 1. The van der Waals surface area contributed by atoms with Gasteiger partial charge in [-0.1, -0.05) is 6.42 Å². The summed E-state index contributed by atoms with van der Waals surface area (Å²) in [6, 6.07) is 2.74. The van der Waals surface area contributed by atoms with Crippen molar-refractivity contribution in [3.05, 3.63) is 59.6 Å². The molecule has 0 aliphatic heterocycles. The fourth-order valence-corrected chi connectivity index (χ4v) is 3.88. The van der Waals surface area contributed by atoms with Crippen molar-refractivity contribution in [3.63, 3.8) is 0 Å². The lowest BCUT2D eigenvalue weighted by molar-refractivity contribution is -0.140. The first-order valence-electron chi connectivity index (χ1n) is 11.2. The minimum atomic E-state index is -4.65. The van der Waals surface area contributed by atoms with Gasteiger partial charge in [0, 0.05) is 30.8 Å². The van der Waals surface area contributed by atoms with E-state index in [9.17, 15) is 22.4 Å². The summed E-state index contributed by atoms with van der Waals surface area (Å²) in [7, 11) is 0. The van der Waals surface area contributed by atoms with Crippen LogP contribution < -0.4 is 16.4 Å². The Labute approximate surface area is 203 Å². The number of aryl methyl sites for hydroxylation is 1. The molecule has 3 aromatic heterocycles. The highest BCUT2D eigenvalue weighted by molar-refractivity contribution is 5.96. The number of aromatic nitrogens is 5. The molecular weight excluding hydrogens is 480 g/mol. The molecule has 0 radical (unpaired) electrons. The molecule has 0 aliphatic carbocycles. The second-order valence-corrected chi connectivity index (χ2v) is 8.14. The number of carbonyl (C=O) groups excluding carboxylic acids is 1. The number of amides is 1. The first-order chi connectivity index (χ1) is 17.2. The standard InChI is InChI=1S/C23H24F4N8O/c1-13-9-14(10-16(24)18(13)22(36)30-6-4-2-3-5-28)33-20-21-31-12-17(35(21)8-7-29-20)15-11-32-34-19(15)23(25,26)27/h7-12H,2-6,28H2,1H3,(H,29,33)(H,30,36)(H,32,34). The highest BCUT2D eigenvalue weighted by Gasteiger charge is 2.37. The summed E-state index contributed by atoms with van der Waals surface area (Å²) in [6.45, 7) is 2.60. The van der Waals surface area contributed by atoms with Crippen LogP contribution in [0, 0.1) is 12.7 Å². The number of benzene rings is 1. The number of hydrogen-bond acceptors (Lipinski definition) is 6. The number of alkyl halides is 3. The molecule has 4 aromatic rings. The van der Waals surface area contributed by atoms with Crippen molar-refractivity contribution in [1.29, 1.82) is 0 Å². The van der Waals surface area contributed by atoms with Gasteiger partial charge in [0.2, 0.25) is 0 Å². The van der Waals surface area contributed by atoms with Crippen LogP contribution in [0.5, 0.6) is 0 Å². The van der Waals surface area contributed by atoms with Gasteiger partial charge in [-0.3, -0.25) is 14.3 Å². The zero-order valence-corrected chi connectivity index (χ0v) is 19.3. The fraction of sp³-hybridized carbons (Fsp3) is 0.304. The van der Waals surface area contributed by atoms with Gasteiger partial charge < -0.3 is 16.4 Å². The summed E-state index contributed by atoms with van der Waals surface area (Å²) in [5.41, 5.74) is 5.22. The van der Waals surface area contributed by atoms with Crippen LogP contribution >= 0.6 is 0 Å². The summed E-state index contributed by atoms with van der Waals surface area (Å²) in [4.78, 5) is 20.9. The van der Waals surface area contributed by atoms with Crippen molar-refractivity contribution in [2.75, 3.05) is 18.4 Å². The maximum Gasteiger partial charge on any atom is 0.435 e. The van der Waals surface area contributed by atoms with E-state index in [2.05, 4.69) is 30.8 Å². The number of carbonyl (C=O) groups is 1. The van der Waals surface area contributed by atoms with Crippen LogP contribution in [0.4, 0.5) is 29.1 Å². The topological polar surface area (TPSA) is 126 Å². The van der Waals surface area contributed by atoms with Crippen LogP contribution in [0.2, 0.25) is 0 Å². The Morgan fingerprint density at radius 2 is 2.00 bits per heavy atom. The van der Waals surface area contributed by atoms with Gasteiger partial charge in [0.25, 0.3) is 5.91 Å². The number of aromatic amines is 1. The first-order valence-corrected chi connectivity index (χ1v) is 11.2. The lowest BCUT2D eigenvalue weighted by atomic mass is 10.1. The molecule has 36 heavy (non-hydrogen) atoms. The number of halogens is 4. The average Bonchev–Trinajstić information content (AvgIpc) is 3.46. The molecule has 190 valence electrons. The normalized spacial score (nSPS) is 11.7. The number of nitrogens with two attached hydrogens (primary N) is 1. The zero-order chi connectivity index (χ0) is 25.9. The van der Waals surface area contributed by atoms with E-state index in [0.717, 1.165) is 31.5 Å². The van der Waals surface area contributed by atoms with E-state index in [4.69, 9.17) is 5.73 Å². The molecule has 9 nitrogen and oxygen atoms in total. The van der Waals surface area contributed by atoms with Gasteiger partial charge >= 0.3 is 6.18 Å². The van der Waals surface area contributed by atoms with Gasteiger partial charge in [0.15, 0.2) is 17.2 Å². The third-order valence-corrected chi connectivity index (χ3v) is 5.56. The summed E-state index contributed by atoms with van der Waals surface area (Å²) in [5, 5.41) is 11.2. The molecule has 4 rings (SSSR count). The Morgan fingerprint density at radius 1 is 1.19 bits per heavy atom. The van der Waals surface area contributed by atoms with Gasteiger partial charge in [-0.05, 0) is 44.0 Å². The highest BCUT2D eigenvalue weighted by atomic mass is 19.4. The lowest BCUT2D eigenvalue weighted by Gasteiger charge is -2.13. The largest absolute Gasteiger partial charge is 0.435 e. The minimum Gasteiger partial charge on any atom is -0.352 e. The van der Waals surface area contributed by atoms with E-state index in [0.29, 0.717) is 24.3 Å². The smallest absolute Gasteiger partial charge is 0.352 e. The molecule has 0 saturated heterocycles. The third kappa shape index (κ3) is 5.15. The van der Waals surface area contributed by atoms with E-state index >= 15 is 0 Å². The van der Waals surface area contributed by atoms with Crippen LogP contribution in [0.15, 0.2) is 36.9 Å². The number of anilines is 2. The van der Waals surface area contributed by atoms with Crippen molar-refractivity contribution in [3.8, 4) is 11.3 Å². The van der Waals surface area contributed by atoms with Gasteiger partial charge in [-0.15, -0.1) is 0 Å². The number of nitrogens with one attached hydrogen (secondary N) is 3. The molecule has 0 unspecified atom stereocenters. The van der Waals surface area contributed by atoms with Crippen LogP contribution in [-0.4, -0.2) is 43.6 Å². The number of rotatable bonds is 9. The van der Waals surface area contributed by atoms with E-state index in [-0.39, 0.29) is 28.3 Å². The molecule has 0 bridgehead atoms. The van der Waals surface area contributed by atoms with E-state index in [1.165, 1.54) is 23.0 Å². The Hall–Kier alpha value is -4.00. The molecule has 5 N–H and O–H groups in total. The molecule has 0 saturated carbocycles. The van der Waals surface area contributed by atoms with Gasteiger partial charge in [-0.25, -0.2) is 14.4 Å². The Bertz CT molecular complexity index is 1360. The Morgan fingerprint density at radius 3 is 2.72 bits per heavy atom. The number of unbranched alkanes of at least 4 members (excludes halogenated alkanes) is 2. The number of nitrogens with zero attached hydrogens (tertiary/aromatic N) is 4. The molecule has 0 aliphatic rings. The first kappa shape index (κ1) is 25.1. The summed E-state index contributed by atoms with van der Waals surface area (Å²) in [5.74, 6) is -1.04. The second kappa shape index (κ2) is 10.3. The predicted molar refractivity (Wildman–Crippen MR) is 125 cm³/mol. The van der Waals surface area contributed by atoms with E-state index in [1.807, 2.05) is 0 Å². The maximum absolute atomic E-state index is 14.9. The fourth-order valence-electron chi connectivity index (χ4n) is 3.88. The molecule has 1 aromatic carbocycles. The van der Waals surface area contributed by atoms with Crippen LogP contribution in [-0.2, 0) is 6.18 Å². The number of H-pyrrole nitrogens is 1. The summed E-state index contributed by atoms with van der Waals surface area (Å²) in [6.07, 6.45) is 3.07. The molecule has 0 fully saturated rings. The van der Waals surface area contributed by atoms with Crippen molar-refractivity contribution >= 4 is 23.1 Å². The highest BCUT2D eigenvalue weighted by Crippen LogP contribution is 2.36. The predicted octanol–water partition coefficient (Wildman–Crippen LogP) is 4.19. The van der Waals surface area contributed by atoms with Crippen LogP contribution in [0.3, 0.4) is 0 Å². The van der Waals surface area contributed by atoms with Crippen LogP contribution in [0.1, 0.15) is 40.9 Å². The lowest BCUT2D eigenvalue weighted by Crippen LogP contribution is -2.26. The van der Waals surface area contributed by atoms with Crippen molar-refractivity contribution in [2.45, 2.75) is 32.4 Å². The minimum absolute atomic E-state index is 0.0618. The van der Waals surface area contributed by atoms with Gasteiger partial charge in [-0.2, -0.15) is 18.3 Å². The second-order valence-electron chi connectivity index (χ2n) is 8.14. The number of fused-ring (bicyclic) bond motifs is 1. The Kier molecular flexibility index (Phi) is 7.20. The van der Waals surface area contributed by atoms with Gasteiger partial charge in [0.05, 0.1) is 23.0 Å². The van der Waals surface area contributed by atoms with Crippen molar-refractivity contribution < 1.29 is 22.4 Å². The summed E-state index contributed by atoms with van der Waals surface area (Å²) >= 11 is 0. The quantitative estimate of drug-likeness (QED) is 0.200. The van der Waals surface area contributed by atoms with Crippen LogP contribution in [0.25, 0.3) is 16.9 Å². The SMILES string of the molecule is Cc1cc(Nc2nccn3c(-c4c[nH]nc4C(F)(F)F)cnc23)cc(F)c1C(=O)NCCCCCN. The molecule has 1 amide bonds. The van der Waals surface area contributed by atoms with E-state index in [1.54, 1.807) is 13.0 Å². The molecule has 3 heterocycles. The molecule has 0 spiro atoms. The zero-order valence-electron chi connectivity index (χ0n) is 19.3. The number of hydrogen-bond donors (Lipinski definition) is 4.